The first-order valence-corrected chi connectivity index (χ1v) is 7.60. The number of amides is 2. The largest absolute Gasteiger partial charge is 0.465 e. The number of urea groups is 1. The van der Waals surface area contributed by atoms with Crippen molar-refractivity contribution in [2.75, 3.05) is 12.4 Å². The van der Waals surface area contributed by atoms with Gasteiger partial charge >= 0.3 is 12.0 Å². The minimum atomic E-state index is -0.644. The fourth-order valence-electron chi connectivity index (χ4n) is 2.86. The zero-order chi connectivity index (χ0) is 17.1. The Morgan fingerprint density at radius 2 is 1.83 bits per heavy atom. The molecule has 2 amide bonds. The summed E-state index contributed by atoms with van der Waals surface area (Å²) in [4.78, 5) is 23.6. The Morgan fingerprint density at radius 3 is 2.54 bits per heavy atom. The van der Waals surface area contributed by atoms with Crippen molar-refractivity contribution in [1.82, 2.24) is 5.32 Å². The van der Waals surface area contributed by atoms with Crippen molar-refractivity contribution >= 4 is 17.7 Å². The van der Waals surface area contributed by atoms with Crippen LogP contribution in [0.1, 0.15) is 27.5 Å². The van der Waals surface area contributed by atoms with Crippen molar-refractivity contribution in [3.05, 3.63) is 65.2 Å². The van der Waals surface area contributed by atoms with Gasteiger partial charge in [0.1, 0.15) is 0 Å². The Labute approximate surface area is 139 Å². The van der Waals surface area contributed by atoms with Gasteiger partial charge in [-0.3, -0.25) is 0 Å². The number of methoxy groups -OCH3 is 1. The second-order valence-corrected chi connectivity index (χ2v) is 5.62. The van der Waals surface area contributed by atoms with Crippen molar-refractivity contribution in [3.8, 4) is 0 Å². The van der Waals surface area contributed by atoms with E-state index >= 15 is 0 Å². The van der Waals surface area contributed by atoms with Crippen LogP contribution in [0.2, 0.25) is 0 Å². The molecule has 2 atom stereocenters. The van der Waals surface area contributed by atoms with E-state index < -0.39 is 24.1 Å². The van der Waals surface area contributed by atoms with Gasteiger partial charge in [0.25, 0.3) is 0 Å². The van der Waals surface area contributed by atoms with Gasteiger partial charge in [-0.05, 0) is 35.4 Å². The van der Waals surface area contributed by atoms with Crippen molar-refractivity contribution in [2.24, 2.45) is 0 Å². The number of carbonyl (C=O) groups excluding carboxylic acids is 2. The third-order valence-corrected chi connectivity index (χ3v) is 4.05. The number of benzene rings is 2. The standard InChI is InChI=1S/C18H18N2O4/c1-24-17(22)11-6-8-13(9-7-11)19-18(23)20-16-14-5-3-2-4-12(14)10-15(16)21/h2-9,15-16,21H,10H2,1H3,(H2,19,20,23)/t15-,16+/m0/s1. The van der Waals surface area contributed by atoms with E-state index in [4.69, 9.17) is 0 Å². The smallest absolute Gasteiger partial charge is 0.337 e. The predicted molar refractivity (Wildman–Crippen MR) is 88.8 cm³/mol. The lowest BCUT2D eigenvalue weighted by Crippen LogP contribution is -2.36. The molecule has 0 fully saturated rings. The maximum absolute atomic E-state index is 12.2. The molecule has 0 unspecified atom stereocenters. The number of esters is 1. The maximum Gasteiger partial charge on any atom is 0.337 e. The summed E-state index contributed by atoms with van der Waals surface area (Å²) in [7, 11) is 1.31. The minimum absolute atomic E-state index is 0.406. The molecule has 2 aromatic carbocycles. The Morgan fingerprint density at radius 1 is 1.12 bits per heavy atom. The summed E-state index contributed by atoms with van der Waals surface area (Å²) >= 11 is 0. The van der Waals surface area contributed by atoms with Gasteiger partial charge in [0.15, 0.2) is 0 Å². The normalized spacial score (nSPS) is 18.6. The van der Waals surface area contributed by atoms with E-state index in [2.05, 4.69) is 15.4 Å². The van der Waals surface area contributed by atoms with Crippen molar-refractivity contribution in [2.45, 2.75) is 18.6 Å². The number of hydrogen-bond donors (Lipinski definition) is 3. The summed E-state index contributed by atoms with van der Waals surface area (Å²) in [6.07, 6.45) is -0.121. The van der Waals surface area contributed by atoms with Gasteiger partial charge < -0.3 is 20.5 Å². The molecule has 3 rings (SSSR count). The van der Waals surface area contributed by atoms with Crippen LogP contribution in [0.3, 0.4) is 0 Å². The first-order chi connectivity index (χ1) is 11.6. The molecule has 1 aliphatic rings. The molecule has 6 heteroatoms. The second-order valence-electron chi connectivity index (χ2n) is 5.62. The summed E-state index contributed by atoms with van der Waals surface area (Å²) in [5, 5.41) is 15.6. The molecule has 0 saturated heterocycles. The molecule has 0 spiro atoms. The number of anilines is 1. The molecule has 0 heterocycles. The molecule has 0 bridgehead atoms. The van der Waals surface area contributed by atoms with Gasteiger partial charge in [0.05, 0.1) is 24.8 Å². The van der Waals surface area contributed by atoms with Gasteiger partial charge in [0, 0.05) is 12.1 Å². The van der Waals surface area contributed by atoms with E-state index in [0.717, 1.165) is 11.1 Å². The highest BCUT2D eigenvalue weighted by atomic mass is 16.5. The Bertz CT molecular complexity index is 758. The van der Waals surface area contributed by atoms with E-state index in [1.54, 1.807) is 24.3 Å². The third-order valence-electron chi connectivity index (χ3n) is 4.05. The molecule has 3 N–H and O–H groups in total. The highest BCUT2D eigenvalue weighted by Gasteiger charge is 2.31. The van der Waals surface area contributed by atoms with Gasteiger partial charge in [-0.15, -0.1) is 0 Å². The van der Waals surface area contributed by atoms with Crippen LogP contribution in [0.25, 0.3) is 0 Å². The summed E-state index contributed by atoms with van der Waals surface area (Å²) in [5.41, 5.74) is 2.92. The number of ether oxygens (including phenoxy) is 1. The monoisotopic (exact) mass is 326 g/mol. The van der Waals surface area contributed by atoms with Gasteiger partial charge in [0.2, 0.25) is 0 Å². The van der Waals surface area contributed by atoms with Crippen molar-refractivity contribution in [1.29, 1.82) is 0 Å². The van der Waals surface area contributed by atoms with Crippen LogP contribution in [0, 0.1) is 0 Å². The van der Waals surface area contributed by atoms with Crippen LogP contribution in [-0.4, -0.2) is 30.3 Å². The maximum atomic E-state index is 12.2. The van der Waals surface area contributed by atoms with E-state index in [1.165, 1.54) is 7.11 Å². The molecule has 0 radical (unpaired) electrons. The number of carbonyl (C=O) groups is 2. The van der Waals surface area contributed by atoms with Gasteiger partial charge in [-0.1, -0.05) is 24.3 Å². The lowest BCUT2D eigenvalue weighted by molar-refractivity contribution is 0.0600. The molecule has 0 aromatic heterocycles. The van der Waals surface area contributed by atoms with Crippen LogP contribution in [0.15, 0.2) is 48.5 Å². The topological polar surface area (TPSA) is 87.7 Å². The minimum Gasteiger partial charge on any atom is -0.465 e. The lowest BCUT2D eigenvalue weighted by Gasteiger charge is -2.18. The van der Waals surface area contributed by atoms with Gasteiger partial charge in [-0.25, -0.2) is 9.59 Å². The number of hydrogen-bond acceptors (Lipinski definition) is 4. The zero-order valence-corrected chi connectivity index (χ0v) is 13.2. The molecular weight excluding hydrogens is 308 g/mol. The van der Waals surface area contributed by atoms with E-state index in [9.17, 15) is 14.7 Å². The molecule has 0 saturated carbocycles. The van der Waals surface area contributed by atoms with Crippen LogP contribution >= 0.6 is 0 Å². The van der Waals surface area contributed by atoms with Crippen molar-refractivity contribution < 1.29 is 19.4 Å². The fraction of sp³-hybridized carbons (Fsp3) is 0.222. The second kappa shape index (κ2) is 6.72. The molecule has 1 aliphatic carbocycles. The molecule has 2 aromatic rings. The first kappa shape index (κ1) is 16.0. The third kappa shape index (κ3) is 3.23. The SMILES string of the molecule is COC(=O)c1ccc(NC(=O)N[C@@H]2c3ccccc3C[C@@H]2O)cc1. The highest BCUT2D eigenvalue weighted by molar-refractivity contribution is 5.92. The van der Waals surface area contributed by atoms with E-state index in [-0.39, 0.29) is 0 Å². The number of fused-ring (bicyclic) bond motifs is 1. The van der Waals surface area contributed by atoms with Crippen molar-refractivity contribution in [3.63, 3.8) is 0 Å². The predicted octanol–water partition coefficient (Wildman–Crippen LogP) is 2.25. The Balaban J connectivity index is 1.65. The number of rotatable bonds is 3. The summed E-state index contributed by atoms with van der Waals surface area (Å²) < 4.78 is 4.62. The van der Waals surface area contributed by atoms with E-state index in [1.807, 2.05) is 24.3 Å². The summed E-state index contributed by atoms with van der Waals surface area (Å²) in [6, 6.07) is 13.2. The molecule has 124 valence electrons. The Hall–Kier alpha value is -2.86. The molecule has 6 nitrogen and oxygen atoms in total. The van der Waals surface area contributed by atoms with E-state index in [0.29, 0.717) is 17.7 Å². The lowest BCUT2D eigenvalue weighted by atomic mass is 10.1. The highest BCUT2D eigenvalue weighted by Crippen LogP contribution is 2.31. The first-order valence-electron chi connectivity index (χ1n) is 7.60. The van der Waals surface area contributed by atoms with Gasteiger partial charge in [-0.2, -0.15) is 0 Å². The van der Waals surface area contributed by atoms with Crippen LogP contribution in [-0.2, 0) is 11.2 Å². The summed E-state index contributed by atoms with van der Waals surface area (Å²) in [5.74, 6) is -0.434. The number of nitrogens with one attached hydrogen (secondary N) is 2. The average molecular weight is 326 g/mol. The number of aliphatic hydroxyl groups excluding tert-OH is 1. The van der Waals surface area contributed by atoms with Crippen LogP contribution < -0.4 is 10.6 Å². The molecular formula is C18H18N2O4. The van der Waals surface area contributed by atoms with Crippen LogP contribution in [0.5, 0.6) is 0 Å². The Kier molecular flexibility index (Phi) is 4.48. The molecule has 0 aliphatic heterocycles. The quantitative estimate of drug-likeness (QED) is 0.755. The zero-order valence-electron chi connectivity index (χ0n) is 13.2. The average Bonchev–Trinajstić information content (AvgIpc) is 2.90. The fourth-order valence-corrected chi connectivity index (χ4v) is 2.86. The van der Waals surface area contributed by atoms with Crippen LogP contribution in [0.4, 0.5) is 10.5 Å². The number of aliphatic hydroxyl groups is 1. The molecule has 24 heavy (non-hydrogen) atoms. The summed E-state index contributed by atoms with van der Waals surface area (Å²) in [6.45, 7) is 0.